The zero-order valence-corrected chi connectivity index (χ0v) is 22.9. The largest absolute Gasteiger partial charge is 0.507 e. The van der Waals surface area contributed by atoms with E-state index in [1.54, 1.807) is 6.07 Å². The highest BCUT2D eigenvalue weighted by Gasteiger charge is 2.15. The van der Waals surface area contributed by atoms with Gasteiger partial charge in [-0.2, -0.15) is 0 Å². The lowest BCUT2D eigenvalue weighted by molar-refractivity contribution is 0.477. The van der Waals surface area contributed by atoms with Gasteiger partial charge in [-0.25, -0.2) is 0 Å². The molecule has 1 unspecified atom stereocenters. The lowest BCUT2D eigenvalue weighted by Gasteiger charge is -2.13. The van der Waals surface area contributed by atoms with E-state index in [2.05, 4.69) is 70.2 Å². The summed E-state index contributed by atoms with van der Waals surface area (Å²) in [6.07, 6.45) is 1.35. The smallest absolute Gasteiger partial charge is 0.123 e. The molecule has 0 aliphatic rings. The SMILES string of the molecule is NC(/N=C/c1ccccc1)c1cccc(-n2c3ccccc3c3cc(-c4ccc(O)c(-c5ccccc5)c4)ccc32)c1. The molecule has 42 heavy (non-hydrogen) atoms. The fourth-order valence-electron chi connectivity index (χ4n) is 5.63. The zero-order chi connectivity index (χ0) is 28.5. The molecule has 202 valence electrons. The number of phenols is 1. The summed E-state index contributed by atoms with van der Waals surface area (Å²) in [6, 6.07) is 49.2. The van der Waals surface area contributed by atoms with Crippen LogP contribution >= 0.6 is 0 Å². The van der Waals surface area contributed by atoms with Crippen molar-refractivity contribution in [2.24, 2.45) is 10.7 Å². The first-order valence-corrected chi connectivity index (χ1v) is 14.0. The van der Waals surface area contributed by atoms with Gasteiger partial charge >= 0.3 is 0 Å². The second kappa shape index (κ2) is 10.8. The second-order valence-corrected chi connectivity index (χ2v) is 10.4. The minimum Gasteiger partial charge on any atom is -0.507 e. The number of phenolic OH excluding ortho intramolecular Hbond substituents is 1. The number of rotatable bonds is 6. The third-order valence-corrected chi connectivity index (χ3v) is 7.74. The molecule has 0 fully saturated rings. The zero-order valence-electron chi connectivity index (χ0n) is 22.9. The van der Waals surface area contributed by atoms with E-state index >= 15 is 0 Å². The van der Waals surface area contributed by atoms with E-state index in [1.165, 1.54) is 5.39 Å². The topological polar surface area (TPSA) is 63.5 Å². The van der Waals surface area contributed by atoms with Crippen molar-refractivity contribution in [1.29, 1.82) is 0 Å². The van der Waals surface area contributed by atoms with E-state index in [9.17, 15) is 5.11 Å². The van der Waals surface area contributed by atoms with E-state index in [1.807, 2.05) is 85.1 Å². The first-order valence-electron chi connectivity index (χ1n) is 14.0. The minimum atomic E-state index is -0.474. The molecule has 0 radical (unpaired) electrons. The Balaban J connectivity index is 1.31. The molecule has 1 aromatic heterocycles. The van der Waals surface area contributed by atoms with Crippen molar-refractivity contribution in [3.63, 3.8) is 0 Å². The van der Waals surface area contributed by atoms with Crippen LogP contribution < -0.4 is 5.73 Å². The van der Waals surface area contributed by atoms with Crippen LogP contribution in [0.4, 0.5) is 0 Å². The van der Waals surface area contributed by atoms with Crippen LogP contribution in [0.15, 0.2) is 151 Å². The van der Waals surface area contributed by atoms with Crippen molar-refractivity contribution >= 4 is 28.0 Å². The summed E-state index contributed by atoms with van der Waals surface area (Å²) in [5.41, 5.74) is 15.7. The first-order chi connectivity index (χ1) is 20.7. The van der Waals surface area contributed by atoms with E-state index in [0.29, 0.717) is 0 Å². The number of para-hydroxylation sites is 1. The number of hydrogen-bond donors (Lipinski definition) is 2. The molecular weight excluding hydrogens is 514 g/mol. The highest BCUT2D eigenvalue weighted by Crippen LogP contribution is 2.38. The number of benzene rings is 6. The van der Waals surface area contributed by atoms with Gasteiger partial charge in [0, 0.05) is 28.2 Å². The lowest BCUT2D eigenvalue weighted by Crippen LogP contribution is -2.08. The number of hydrogen-bond acceptors (Lipinski definition) is 3. The molecule has 0 amide bonds. The molecule has 0 bridgehead atoms. The van der Waals surface area contributed by atoms with Crippen molar-refractivity contribution in [2.75, 3.05) is 0 Å². The highest BCUT2D eigenvalue weighted by atomic mass is 16.3. The molecule has 1 heterocycles. The molecular formula is C38H29N3O. The molecule has 0 saturated heterocycles. The Morgan fingerprint density at radius 1 is 0.595 bits per heavy atom. The van der Waals surface area contributed by atoms with Gasteiger partial charge in [-0.05, 0) is 70.3 Å². The van der Waals surface area contributed by atoms with Crippen LogP contribution in [0.1, 0.15) is 17.3 Å². The molecule has 3 N–H and O–H groups in total. The van der Waals surface area contributed by atoms with Gasteiger partial charge in [-0.1, -0.05) is 103 Å². The Bertz CT molecular complexity index is 2060. The Hall–Kier alpha value is -5.45. The Morgan fingerprint density at radius 2 is 1.29 bits per heavy atom. The van der Waals surface area contributed by atoms with Gasteiger partial charge in [0.25, 0.3) is 0 Å². The predicted octanol–water partition coefficient (Wildman–Crippen LogP) is 8.90. The molecule has 4 nitrogen and oxygen atoms in total. The van der Waals surface area contributed by atoms with Crippen LogP contribution in [0.3, 0.4) is 0 Å². The van der Waals surface area contributed by atoms with Crippen molar-refractivity contribution < 1.29 is 5.11 Å². The van der Waals surface area contributed by atoms with Crippen molar-refractivity contribution in [3.05, 3.63) is 157 Å². The van der Waals surface area contributed by atoms with Crippen molar-refractivity contribution in [2.45, 2.75) is 6.17 Å². The van der Waals surface area contributed by atoms with E-state index in [-0.39, 0.29) is 5.75 Å². The number of aliphatic imine (C=N–C) groups is 1. The van der Waals surface area contributed by atoms with Crippen LogP contribution in [0.25, 0.3) is 49.7 Å². The molecule has 7 aromatic rings. The quantitative estimate of drug-likeness (QED) is 0.206. The molecule has 0 aliphatic carbocycles. The van der Waals surface area contributed by atoms with E-state index in [4.69, 9.17) is 5.73 Å². The summed E-state index contributed by atoms with van der Waals surface area (Å²) in [6.45, 7) is 0. The standard InChI is InChI=1S/C38H29N3O/c39-38(40-25-26-10-3-1-4-11-26)30-14-9-15-31(22-30)41-35-17-8-7-16-32(35)34-24-28(18-20-36(34)41)29-19-21-37(42)33(23-29)27-12-5-2-6-13-27/h1-25,38,42H,39H2/b40-25+. The van der Waals surface area contributed by atoms with E-state index in [0.717, 1.165) is 55.5 Å². The summed E-state index contributed by atoms with van der Waals surface area (Å²) in [5.74, 6) is 0.272. The summed E-state index contributed by atoms with van der Waals surface area (Å²) < 4.78 is 2.29. The van der Waals surface area contributed by atoms with Gasteiger partial charge < -0.3 is 15.4 Å². The van der Waals surface area contributed by atoms with Gasteiger partial charge in [-0.3, -0.25) is 4.99 Å². The Kier molecular flexibility index (Phi) is 6.59. The first kappa shape index (κ1) is 25.5. The lowest BCUT2D eigenvalue weighted by atomic mass is 9.97. The number of fused-ring (bicyclic) bond motifs is 3. The summed E-state index contributed by atoms with van der Waals surface area (Å²) >= 11 is 0. The van der Waals surface area contributed by atoms with Crippen molar-refractivity contribution in [3.8, 4) is 33.7 Å². The van der Waals surface area contributed by atoms with Gasteiger partial charge in [-0.15, -0.1) is 0 Å². The second-order valence-electron chi connectivity index (χ2n) is 10.4. The monoisotopic (exact) mass is 543 g/mol. The van der Waals surface area contributed by atoms with Crippen molar-refractivity contribution in [1.82, 2.24) is 4.57 Å². The fourth-order valence-corrected chi connectivity index (χ4v) is 5.63. The summed E-state index contributed by atoms with van der Waals surface area (Å²) in [7, 11) is 0. The number of nitrogens with zero attached hydrogens (tertiary/aromatic N) is 2. The predicted molar refractivity (Wildman–Crippen MR) is 174 cm³/mol. The molecule has 0 saturated carbocycles. The van der Waals surface area contributed by atoms with Gasteiger partial charge in [0.1, 0.15) is 11.9 Å². The normalized spacial score (nSPS) is 12.3. The minimum absolute atomic E-state index is 0.272. The molecule has 0 spiro atoms. The number of aromatic hydroxyl groups is 1. The summed E-state index contributed by atoms with van der Waals surface area (Å²) in [4.78, 5) is 4.62. The van der Waals surface area contributed by atoms with Crippen LogP contribution in [-0.4, -0.2) is 15.9 Å². The van der Waals surface area contributed by atoms with Crippen LogP contribution in [0.2, 0.25) is 0 Å². The van der Waals surface area contributed by atoms with E-state index < -0.39 is 6.17 Å². The van der Waals surface area contributed by atoms with Gasteiger partial charge in [0.15, 0.2) is 0 Å². The van der Waals surface area contributed by atoms with Gasteiger partial charge in [0.05, 0.1) is 11.0 Å². The molecule has 4 heteroatoms. The number of aromatic nitrogens is 1. The van der Waals surface area contributed by atoms with Crippen LogP contribution in [0, 0.1) is 0 Å². The fraction of sp³-hybridized carbons (Fsp3) is 0.0263. The Labute approximate surface area is 244 Å². The molecule has 7 rings (SSSR count). The third kappa shape index (κ3) is 4.74. The maximum Gasteiger partial charge on any atom is 0.123 e. The average Bonchev–Trinajstić information content (AvgIpc) is 3.38. The third-order valence-electron chi connectivity index (χ3n) is 7.74. The maximum absolute atomic E-state index is 10.6. The van der Waals surface area contributed by atoms with Crippen LogP contribution in [-0.2, 0) is 0 Å². The molecule has 0 aliphatic heterocycles. The Morgan fingerprint density at radius 3 is 2.12 bits per heavy atom. The van der Waals surface area contributed by atoms with Crippen LogP contribution in [0.5, 0.6) is 5.75 Å². The highest BCUT2D eigenvalue weighted by molar-refractivity contribution is 6.10. The molecule has 1 atom stereocenters. The summed E-state index contributed by atoms with van der Waals surface area (Å²) in [5, 5.41) is 12.9. The average molecular weight is 544 g/mol. The molecule has 6 aromatic carbocycles. The number of nitrogens with two attached hydrogens (primary N) is 1. The van der Waals surface area contributed by atoms with Gasteiger partial charge in [0.2, 0.25) is 0 Å². The maximum atomic E-state index is 10.6.